The Morgan fingerprint density at radius 3 is 2.85 bits per heavy atom. The molecule has 0 saturated heterocycles. The second-order valence-electron chi connectivity index (χ2n) is 6.32. The van der Waals surface area contributed by atoms with Gasteiger partial charge in [0.2, 0.25) is 5.91 Å². The first-order chi connectivity index (χ1) is 13.0. The van der Waals surface area contributed by atoms with Gasteiger partial charge in [-0.25, -0.2) is 4.39 Å². The molecule has 5 nitrogen and oxygen atoms in total. The molecule has 0 aliphatic carbocycles. The smallest absolute Gasteiger partial charge is 0.266 e. The van der Waals surface area contributed by atoms with Gasteiger partial charge in [0.05, 0.1) is 15.6 Å². The minimum Gasteiger partial charge on any atom is -0.319 e. The van der Waals surface area contributed by atoms with E-state index in [1.54, 1.807) is 24.5 Å². The fourth-order valence-corrected chi connectivity index (χ4v) is 4.51. The molecule has 136 valence electrons. The number of aromatic nitrogens is 1. The standard InChI is InChI=1S/C20H16FN3O2S/c1-11-17-13(12-5-4-8-22-10-12)9-16(25)24-20(17)27-18(11)19(26)23-15-7-3-2-6-14(15)21/h2-8,10,13H,9H2,1H3,(H,23,26)(H,24,25). The highest BCUT2D eigenvalue weighted by Gasteiger charge is 2.33. The van der Waals surface area contributed by atoms with Crippen LogP contribution in [0.1, 0.15) is 38.7 Å². The maximum Gasteiger partial charge on any atom is 0.266 e. The molecule has 0 spiro atoms. The molecule has 1 aromatic carbocycles. The summed E-state index contributed by atoms with van der Waals surface area (Å²) in [5.74, 6) is -1.14. The van der Waals surface area contributed by atoms with Crippen molar-refractivity contribution < 1.29 is 14.0 Å². The van der Waals surface area contributed by atoms with Crippen molar-refractivity contribution in [3.05, 3.63) is 76.2 Å². The number of pyridine rings is 1. The summed E-state index contributed by atoms with van der Waals surface area (Å²) in [5.41, 5.74) is 2.76. The molecule has 1 unspecified atom stereocenters. The number of carbonyl (C=O) groups excluding carboxylic acids is 2. The van der Waals surface area contributed by atoms with E-state index in [4.69, 9.17) is 0 Å². The van der Waals surface area contributed by atoms with Crippen LogP contribution in [0, 0.1) is 12.7 Å². The highest BCUT2D eigenvalue weighted by atomic mass is 32.1. The van der Waals surface area contributed by atoms with Crippen molar-refractivity contribution in [1.29, 1.82) is 0 Å². The number of thiophene rings is 1. The summed E-state index contributed by atoms with van der Waals surface area (Å²) in [5, 5.41) is 6.13. The van der Waals surface area contributed by atoms with E-state index in [1.807, 2.05) is 19.1 Å². The van der Waals surface area contributed by atoms with E-state index in [9.17, 15) is 14.0 Å². The monoisotopic (exact) mass is 381 g/mol. The Hall–Kier alpha value is -3.06. The summed E-state index contributed by atoms with van der Waals surface area (Å²) in [4.78, 5) is 29.5. The Labute approximate surface area is 159 Å². The lowest BCUT2D eigenvalue weighted by atomic mass is 9.85. The summed E-state index contributed by atoms with van der Waals surface area (Å²) < 4.78 is 13.9. The second kappa shape index (κ2) is 6.92. The van der Waals surface area contributed by atoms with Crippen LogP contribution in [0.25, 0.3) is 0 Å². The van der Waals surface area contributed by atoms with Crippen LogP contribution in [0.4, 0.5) is 15.1 Å². The van der Waals surface area contributed by atoms with Gasteiger partial charge in [-0.2, -0.15) is 0 Å². The average molecular weight is 381 g/mol. The number of nitrogens with one attached hydrogen (secondary N) is 2. The van der Waals surface area contributed by atoms with E-state index < -0.39 is 11.7 Å². The molecule has 7 heteroatoms. The van der Waals surface area contributed by atoms with E-state index in [1.165, 1.54) is 23.5 Å². The quantitative estimate of drug-likeness (QED) is 0.710. The number of benzene rings is 1. The number of halogens is 1. The van der Waals surface area contributed by atoms with E-state index >= 15 is 0 Å². The molecule has 0 radical (unpaired) electrons. The average Bonchev–Trinajstić information content (AvgIpc) is 3.00. The van der Waals surface area contributed by atoms with E-state index in [2.05, 4.69) is 15.6 Å². The lowest BCUT2D eigenvalue weighted by Crippen LogP contribution is -2.22. The van der Waals surface area contributed by atoms with Crippen LogP contribution in [-0.4, -0.2) is 16.8 Å². The first-order valence-corrected chi connectivity index (χ1v) is 9.25. The number of carbonyl (C=O) groups is 2. The fraction of sp³-hybridized carbons (Fsp3) is 0.150. The lowest BCUT2D eigenvalue weighted by molar-refractivity contribution is -0.116. The summed E-state index contributed by atoms with van der Waals surface area (Å²) in [6, 6.07) is 9.78. The minimum atomic E-state index is -0.494. The van der Waals surface area contributed by atoms with E-state index in [0.29, 0.717) is 16.3 Å². The predicted molar refractivity (Wildman–Crippen MR) is 103 cm³/mol. The van der Waals surface area contributed by atoms with Gasteiger partial charge in [0.25, 0.3) is 5.91 Å². The van der Waals surface area contributed by atoms with Gasteiger partial charge in [-0.05, 0) is 41.8 Å². The number of amides is 2. The van der Waals surface area contributed by atoms with Crippen molar-refractivity contribution in [2.75, 3.05) is 10.6 Å². The van der Waals surface area contributed by atoms with Crippen molar-refractivity contribution in [3.8, 4) is 0 Å². The third-order valence-corrected chi connectivity index (χ3v) is 5.82. The van der Waals surface area contributed by atoms with Gasteiger partial charge in [0.15, 0.2) is 0 Å². The molecule has 4 rings (SSSR count). The van der Waals surface area contributed by atoms with Crippen LogP contribution in [0.2, 0.25) is 0 Å². The zero-order valence-electron chi connectivity index (χ0n) is 14.5. The molecule has 27 heavy (non-hydrogen) atoms. The number of nitrogens with zero attached hydrogens (tertiary/aromatic N) is 1. The molecular formula is C20H16FN3O2S. The van der Waals surface area contributed by atoms with E-state index in [0.717, 1.165) is 16.7 Å². The van der Waals surface area contributed by atoms with Gasteiger partial charge >= 0.3 is 0 Å². The number of hydrogen-bond acceptors (Lipinski definition) is 4. The molecule has 3 heterocycles. The number of rotatable bonds is 3. The van der Waals surface area contributed by atoms with Crippen LogP contribution < -0.4 is 10.6 Å². The van der Waals surface area contributed by atoms with Crippen LogP contribution in [-0.2, 0) is 4.79 Å². The van der Waals surface area contributed by atoms with Gasteiger partial charge in [0.1, 0.15) is 5.82 Å². The van der Waals surface area contributed by atoms with Crippen molar-refractivity contribution in [3.63, 3.8) is 0 Å². The summed E-state index contributed by atoms with van der Waals surface area (Å²) in [7, 11) is 0. The van der Waals surface area contributed by atoms with Crippen molar-refractivity contribution in [1.82, 2.24) is 4.98 Å². The Balaban J connectivity index is 1.72. The number of anilines is 2. The summed E-state index contributed by atoms with van der Waals surface area (Å²) >= 11 is 1.21. The first kappa shape index (κ1) is 17.4. The minimum absolute atomic E-state index is 0.0985. The van der Waals surface area contributed by atoms with Crippen molar-refractivity contribution in [2.45, 2.75) is 19.3 Å². The molecule has 1 aliphatic heterocycles. The molecule has 0 saturated carbocycles. The van der Waals surface area contributed by atoms with Crippen LogP contribution in [0.15, 0.2) is 48.8 Å². The van der Waals surface area contributed by atoms with Gasteiger partial charge < -0.3 is 10.6 Å². The maximum atomic E-state index is 13.9. The SMILES string of the molecule is Cc1c(C(=O)Nc2ccccc2F)sc2c1C(c1cccnc1)CC(=O)N2. The van der Waals surface area contributed by atoms with Gasteiger partial charge in [0, 0.05) is 24.7 Å². The molecule has 2 amide bonds. The Bertz CT molecular complexity index is 1030. The van der Waals surface area contributed by atoms with Gasteiger partial charge in [-0.1, -0.05) is 18.2 Å². The summed E-state index contributed by atoms with van der Waals surface area (Å²) in [6.45, 7) is 1.85. The van der Waals surface area contributed by atoms with Crippen molar-refractivity contribution in [2.24, 2.45) is 0 Å². The Kier molecular flexibility index (Phi) is 4.45. The van der Waals surface area contributed by atoms with Gasteiger partial charge in [-0.3, -0.25) is 14.6 Å². The van der Waals surface area contributed by atoms with Crippen LogP contribution >= 0.6 is 11.3 Å². The largest absolute Gasteiger partial charge is 0.319 e. The number of para-hydroxylation sites is 1. The lowest BCUT2D eigenvalue weighted by Gasteiger charge is -2.23. The zero-order chi connectivity index (χ0) is 19.0. The topological polar surface area (TPSA) is 71.1 Å². The number of fused-ring (bicyclic) bond motifs is 1. The molecule has 3 aromatic rings. The number of hydrogen-bond donors (Lipinski definition) is 2. The predicted octanol–water partition coefficient (Wildman–Crippen LogP) is 4.32. The maximum absolute atomic E-state index is 13.9. The first-order valence-electron chi connectivity index (χ1n) is 8.43. The normalized spacial score (nSPS) is 15.8. The van der Waals surface area contributed by atoms with Gasteiger partial charge in [-0.15, -0.1) is 11.3 Å². The van der Waals surface area contributed by atoms with Crippen molar-refractivity contribution >= 4 is 33.8 Å². The third kappa shape index (κ3) is 3.21. The third-order valence-electron chi connectivity index (χ3n) is 4.60. The molecule has 0 fully saturated rings. The summed E-state index contributed by atoms with van der Waals surface area (Å²) in [6.07, 6.45) is 3.72. The van der Waals surface area contributed by atoms with Crippen LogP contribution in [0.3, 0.4) is 0 Å². The highest BCUT2D eigenvalue weighted by molar-refractivity contribution is 7.18. The fourth-order valence-electron chi connectivity index (χ4n) is 3.33. The Morgan fingerprint density at radius 1 is 1.30 bits per heavy atom. The molecular weight excluding hydrogens is 365 g/mol. The molecule has 2 N–H and O–H groups in total. The highest BCUT2D eigenvalue weighted by Crippen LogP contribution is 2.45. The molecule has 0 bridgehead atoms. The molecule has 1 atom stereocenters. The molecule has 1 aliphatic rings. The zero-order valence-corrected chi connectivity index (χ0v) is 15.3. The second-order valence-corrected chi connectivity index (χ2v) is 7.34. The van der Waals surface area contributed by atoms with E-state index in [-0.39, 0.29) is 17.5 Å². The Morgan fingerprint density at radius 2 is 2.11 bits per heavy atom. The molecule has 2 aromatic heterocycles. The van der Waals surface area contributed by atoms with Crippen LogP contribution in [0.5, 0.6) is 0 Å².